The van der Waals surface area contributed by atoms with E-state index in [4.69, 9.17) is 5.11 Å². The molecule has 1 aromatic rings. The maximum atomic E-state index is 12.9. The summed E-state index contributed by atoms with van der Waals surface area (Å²) in [5, 5.41) is 19.7. The van der Waals surface area contributed by atoms with Gasteiger partial charge in [0.15, 0.2) is 0 Å². The molecular weight excluding hydrogens is 307 g/mol. The summed E-state index contributed by atoms with van der Waals surface area (Å²) in [5.41, 5.74) is -0.185. The minimum Gasteiger partial charge on any atom is -0.481 e. The van der Waals surface area contributed by atoms with E-state index in [0.29, 0.717) is 0 Å². The molecule has 0 aliphatic carbocycles. The predicted molar refractivity (Wildman–Crippen MR) is 68.5 cm³/mol. The molecule has 7 nitrogen and oxygen atoms in total. The molecule has 1 aliphatic rings. The number of carbonyl (C=O) groups is 1. The lowest BCUT2D eigenvalue weighted by Gasteiger charge is -2.19. The van der Waals surface area contributed by atoms with Gasteiger partial charge in [0.05, 0.1) is 16.8 Å². The monoisotopic (exact) mass is 319 g/mol. The van der Waals surface area contributed by atoms with Crippen LogP contribution in [0.25, 0.3) is 0 Å². The van der Waals surface area contributed by atoms with Crippen LogP contribution in [0.15, 0.2) is 12.1 Å². The Bertz CT molecular complexity index is 620. The fourth-order valence-corrected chi connectivity index (χ4v) is 2.48. The van der Waals surface area contributed by atoms with Crippen LogP contribution in [0.5, 0.6) is 0 Å². The first-order valence-corrected chi connectivity index (χ1v) is 6.27. The lowest BCUT2D eigenvalue weighted by molar-refractivity contribution is -0.385. The van der Waals surface area contributed by atoms with Crippen LogP contribution < -0.4 is 4.90 Å². The second kappa shape index (κ2) is 5.43. The number of aliphatic carboxylic acids is 1. The highest BCUT2D eigenvalue weighted by Crippen LogP contribution is 2.39. The number of nitrogens with zero attached hydrogens (tertiary/aromatic N) is 3. The summed E-state index contributed by atoms with van der Waals surface area (Å²) >= 11 is 0. The van der Waals surface area contributed by atoms with Crippen LogP contribution in [0.3, 0.4) is 0 Å². The molecule has 2 rings (SSSR count). The summed E-state index contributed by atoms with van der Waals surface area (Å²) in [5.74, 6) is -5.01. The van der Waals surface area contributed by atoms with Gasteiger partial charge >= 0.3 is 12.1 Å². The van der Waals surface area contributed by atoms with Crippen molar-refractivity contribution in [2.24, 2.45) is 11.8 Å². The molecule has 0 amide bonds. The molecule has 1 N–H and O–H groups in total. The second-order valence-corrected chi connectivity index (χ2v) is 5.03. The molecule has 0 saturated carbocycles. The van der Waals surface area contributed by atoms with E-state index in [1.54, 1.807) is 0 Å². The van der Waals surface area contributed by atoms with E-state index < -0.39 is 35.4 Å². The molecule has 2 atom stereocenters. The average molecular weight is 319 g/mol. The topological polar surface area (TPSA) is 96.6 Å². The van der Waals surface area contributed by atoms with E-state index in [9.17, 15) is 28.1 Å². The Kier molecular flexibility index (Phi) is 3.94. The van der Waals surface area contributed by atoms with Crippen molar-refractivity contribution in [2.75, 3.05) is 18.0 Å². The number of halogens is 3. The number of pyridine rings is 1. The van der Waals surface area contributed by atoms with E-state index in [0.717, 1.165) is 6.07 Å². The molecule has 1 aromatic heterocycles. The minimum absolute atomic E-state index is 0.0600. The molecule has 1 aliphatic heterocycles. The summed E-state index contributed by atoms with van der Waals surface area (Å²) in [6, 6.07) is 2.37. The Hall–Kier alpha value is -2.39. The minimum atomic E-state index is -4.63. The zero-order chi connectivity index (χ0) is 16.7. The summed E-state index contributed by atoms with van der Waals surface area (Å²) in [4.78, 5) is 26.2. The lowest BCUT2D eigenvalue weighted by atomic mass is 9.96. The van der Waals surface area contributed by atoms with Gasteiger partial charge in [0.2, 0.25) is 0 Å². The summed E-state index contributed by atoms with van der Waals surface area (Å²) in [7, 11) is 0. The Balaban J connectivity index is 2.29. The van der Waals surface area contributed by atoms with Crippen LogP contribution in [0, 0.1) is 28.9 Å². The largest absolute Gasteiger partial charge is 0.481 e. The number of alkyl halides is 3. The number of aromatic nitrogens is 1. The third kappa shape index (κ3) is 2.95. The van der Waals surface area contributed by atoms with Crippen molar-refractivity contribution in [3.05, 3.63) is 27.9 Å². The summed E-state index contributed by atoms with van der Waals surface area (Å²) < 4.78 is 38.7. The van der Waals surface area contributed by atoms with E-state index in [1.807, 2.05) is 0 Å². The van der Waals surface area contributed by atoms with Crippen LogP contribution in [0.1, 0.15) is 5.69 Å². The summed E-state index contributed by atoms with van der Waals surface area (Å²) in [6.07, 6.45) is -4.63. The van der Waals surface area contributed by atoms with E-state index >= 15 is 0 Å². The average Bonchev–Trinajstić information content (AvgIpc) is 2.83. The number of carboxylic acids is 1. The fourth-order valence-electron chi connectivity index (χ4n) is 2.48. The van der Waals surface area contributed by atoms with Crippen LogP contribution in [-0.4, -0.2) is 40.2 Å². The van der Waals surface area contributed by atoms with Crippen molar-refractivity contribution < 1.29 is 28.0 Å². The maximum Gasteiger partial charge on any atom is 0.394 e. The number of nitro groups is 1. The van der Waals surface area contributed by atoms with Crippen molar-refractivity contribution in [3.63, 3.8) is 0 Å². The van der Waals surface area contributed by atoms with Crippen LogP contribution in [0.2, 0.25) is 0 Å². The highest BCUT2D eigenvalue weighted by atomic mass is 19.4. The van der Waals surface area contributed by atoms with Gasteiger partial charge in [-0.3, -0.25) is 14.9 Å². The lowest BCUT2D eigenvalue weighted by Crippen LogP contribution is -2.33. The van der Waals surface area contributed by atoms with Crippen LogP contribution in [0.4, 0.5) is 24.7 Å². The molecule has 10 heteroatoms. The number of hydrogen-bond acceptors (Lipinski definition) is 5. The van der Waals surface area contributed by atoms with Gasteiger partial charge in [-0.2, -0.15) is 13.2 Å². The van der Waals surface area contributed by atoms with Gasteiger partial charge in [0.25, 0.3) is 5.69 Å². The molecule has 0 bridgehead atoms. The Morgan fingerprint density at radius 2 is 2.09 bits per heavy atom. The van der Waals surface area contributed by atoms with Gasteiger partial charge in [0.1, 0.15) is 11.5 Å². The molecule has 0 spiro atoms. The molecule has 1 saturated heterocycles. The molecule has 1 fully saturated rings. The Labute approximate surface area is 122 Å². The first-order valence-electron chi connectivity index (χ1n) is 6.27. The summed E-state index contributed by atoms with van der Waals surface area (Å²) in [6.45, 7) is 0.488. The maximum absolute atomic E-state index is 12.9. The second-order valence-electron chi connectivity index (χ2n) is 5.03. The number of aryl methyl sites for hydroxylation is 1. The smallest absolute Gasteiger partial charge is 0.394 e. The quantitative estimate of drug-likeness (QED) is 0.676. The first-order chi connectivity index (χ1) is 10.1. The molecule has 120 valence electrons. The van der Waals surface area contributed by atoms with Gasteiger partial charge in [-0.05, 0) is 13.0 Å². The molecule has 22 heavy (non-hydrogen) atoms. The highest BCUT2D eigenvalue weighted by Gasteiger charge is 2.52. The number of carboxylic acid groups (broad SMARTS) is 1. The standard InChI is InChI=1S/C12H12F3N3O4/c1-6-9(18(21)22)2-3-10(16-6)17-4-7(11(19)20)8(5-17)12(13,14)15/h2-3,7-8H,4-5H2,1H3,(H,19,20)/t7-,8-/m1/s1. The van der Waals surface area contributed by atoms with Crippen molar-refractivity contribution >= 4 is 17.5 Å². The SMILES string of the molecule is Cc1nc(N2C[C@@H](C(F)(F)F)[C@H](C(=O)O)C2)ccc1[N+](=O)[O-]. The van der Waals surface area contributed by atoms with Crippen LogP contribution >= 0.6 is 0 Å². The predicted octanol–water partition coefficient (Wildman–Crippen LogP) is 2.00. The van der Waals surface area contributed by atoms with Crippen molar-refractivity contribution in [1.82, 2.24) is 4.98 Å². The van der Waals surface area contributed by atoms with Gasteiger partial charge in [-0.15, -0.1) is 0 Å². The molecule has 0 radical (unpaired) electrons. The Morgan fingerprint density at radius 1 is 1.45 bits per heavy atom. The van der Waals surface area contributed by atoms with Crippen molar-refractivity contribution in [3.8, 4) is 0 Å². The Morgan fingerprint density at radius 3 is 2.50 bits per heavy atom. The molecule has 0 aromatic carbocycles. The zero-order valence-corrected chi connectivity index (χ0v) is 11.4. The van der Waals surface area contributed by atoms with Gasteiger partial charge in [-0.1, -0.05) is 0 Å². The van der Waals surface area contributed by atoms with Crippen LogP contribution in [-0.2, 0) is 4.79 Å². The van der Waals surface area contributed by atoms with Crippen molar-refractivity contribution in [2.45, 2.75) is 13.1 Å². The zero-order valence-electron chi connectivity index (χ0n) is 11.4. The van der Waals surface area contributed by atoms with Gasteiger partial charge < -0.3 is 10.0 Å². The van der Waals surface area contributed by atoms with Crippen molar-refractivity contribution in [1.29, 1.82) is 0 Å². The van der Waals surface area contributed by atoms with E-state index in [-0.39, 0.29) is 23.7 Å². The fraction of sp³-hybridized carbons (Fsp3) is 0.500. The van der Waals surface area contributed by atoms with Gasteiger partial charge in [-0.25, -0.2) is 4.98 Å². The highest BCUT2D eigenvalue weighted by molar-refractivity contribution is 5.72. The normalized spacial score (nSPS) is 21.9. The molecular formula is C12H12F3N3O4. The molecule has 2 heterocycles. The number of anilines is 1. The van der Waals surface area contributed by atoms with E-state index in [2.05, 4.69) is 4.98 Å². The van der Waals surface area contributed by atoms with Gasteiger partial charge in [0, 0.05) is 19.2 Å². The van der Waals surface area contributed by atoms with E-state index in [1.165, 1.54) is 17.9 Å². The third-order valence-corrected chi connectivity index (χ3v) is 3.62. The molecule has 0 unspecified atom stereocenters. The number of hydrogen-bond donors (Lipinski definition) is 1. The third-order valence-electron chi connectivity index (χ3n) is 3.62. The number of rotatable bonds is 3. The first kappa shape index (κ1) is 16.0.